The van der Waals surface area contributed by atoms with Crippen LogP contribution in [0.2, 0.25) is 0 Å². The van der Waals surface area contributed by atoms with Crippen LogP contribution >= 0.6 is 0 Å². The zero-order valence-corrected chi connectivity index (χ0v) is 46.1. The molecule has 79 heavy (non-hydrogen) atoms. The highest BCUT2D eigenvalue weighted by molar-refractivity contribution is 5.90. The van der Waals surface area contributed by atoms with Gasteiger partial charge >= 0.3 is 17.6 Å². The summed E-state index contributed by atoms with van der Waals surface area (Å²) in [4.78, 5) is 45.2. The second-order valence-electron chi connectivity index (χ2n) is 24.2. The molecule has 0 unspecified atom stereocenters. The predicted molar refractivity (Wildman–Crippen MR) is 303 cm³/mol. The first-order valence-electron chi connectivity index (χ1n) is 29.4. The SMILES string of the molecule is COC[C@@H](CCO)c1c(CO)c2ccc3c(c2oc1=O)[C@H]1OC(=O)C[C@H]2C[C@@H](c4cccc5c4CC[C@H]4CCC[C@H]6C=Cc7ccccc7[C@@]546)C=C[C@H]2c2ccc(cc2)CC/C(=C(\C)CO)C(=O)O[C@@H]1[C@](C)(C1CCCCC1)O3. The molecule has 0 radical (unpaired) electrons. The number of methoxy groups -OCH3 is 1. The Labute approximate surface area is 463 Å². The van der Waals surface area contributed by atoms with Crippen LogP contribution < -0.4 is 10.4 Å². The highest BCUT2D eigenvalue weighted by Gasteiger charge is 2.58. The van der Waals surface area contributed by atoms with Crippen LogP contribution in [-0.2, 0) is 48.7 Å². The fourth-order valence-electron chi connectivity index (χ4n) is 16.3. The molecule has 3 aliphatic heterocycles. The molecule has 13 rings (SSSR count). The third-order valence-electron chi connectivity index (χ3n) is 20.1. The maximum atomic E-state index is 15.6. The smallest absolute Gasteiger partial charge is 0.340 e. The molecular formula is C68H76O11. The second kappa shape index (κ2) is 22.1. The monoisotopic (exact) mass is 1070 g/mol. The van der Waals surface area contributed by atoms with Gasteiger partial charge in [0.1, 0.15) is 16.9 Å². The minimum absolute atomic E-state index is 0.0300. The number of rotatable bonds is 9. The molecule has 5 aliphatic carbocycles. The number of aryl methyl sites for hydroxylation is 1. The topological polar surface area (TPSA) is 162 Å². The normalized spacial score (nSPS) is 29.6. The zero-order valence-electron chi connectivity index (χ0n) is 46.1. The lowest BCUT2D eigenvalue weighted by atomic mass is 9.48. The van der Waals surface area contributed by atoms with Crippen molar-refractivity contribution in [3.63, 3.8) is 0 Å². The molecule has 0 saturated heterocycles. The van der Waals surface area contributed by atoms with E-state index in [0.29, 0.717) is 52.5 Å². The van der Waals surface area contributed by atoms with E-state index in [0.717, 1.165) is 56.1 Å². The van der Waals surface area contributed by atoms with Gasteiger partial charge in [0.25, 0.3) is 0 Å². The van der Waals surface area contributed by atoms with Crippen LogP contribution in [0.5, 0.6) is 5.75 Å². The minimum Gasteiger partial charge on any atom is -0.483 e. The number of carbonyl (C=O) groups excluding carboxylic acids is 2. The molecule has 414 valence electrons. The lowest BCUT2D eigenvalue weighted by Gasteiger charge is -2.55. The van der Waals surface area contributed by atoms with E-state index in [1.807, 2.05) is 6.92 Å². The first-order chi connectivity index (χ1) is 38.5. The summed E-state index contributed by atoms with van der Waals surface area (Å²) < 4.78 is 32.9. The van der Waals surface area contributed by atoms with Crippen LogP contribution in [0.25, 0.3) is 17.0 Å². The Morgan fingerprint density at radius 2 is 1.59 bits per heavy atom. The summed E-state index contributed by atoms with van der Waals surface area (Å²) in [6, 6.07) is 28.1. The van der Waals surface area contributed by atoms with Crippen molar-refractivity contribution in [3.05, 3.63) is 174 Å². The molecule has 2 bridgehead atoms. The van der Waals surface area contributed by atoms with Crippen molar-refractivity contribution in [1.29, 1.82) is 0 Å². The van der Waals surface area contributed by atoms with E-state index < -0.39 is 47.9 Å². The van der Waals surface area contributed by atoms with Crippen molar-refractivity contribution < 1.29 is 48.3 Å². The molecule has 4 aromatic carbocycles. The maximum absolute atomic E-state index is 15.6. The third kappa shape index (κ3) is 9.25. The maximum Gasteiger partial charge on any atom is 0.340 e. The quantitative estimate of drug-likeness (QED) is 0.0557. The number of aliphatic hydroxyl groups excluding tert-OH is 3. The van der Waals surface area contributed by atoms with Gasteiger partial charge in [-0.2, -0.15) is 0 Å². The van der Waals surface area contributed by atoms with Crippen molar-refractivity contribution in [3.8, 4) is 5.75 Å². The fourth-order valence-corrected chi connectivity index (χ4v) is 16.3. The number of benzene rings is 4. The fraction of sp³-hybridized carbons (Fsp3) is 0.485. The molecule has 8 aliphatic rings. The van der Waals surface area contributed by atoms with Gasteiger partial charge in [0.05, 0.1) is 25.4 Å². The Kier molecular flexibility index (Phi) is 15.0. The van der Waals surface area contributed by atoms with E-state index in [-0.39, 0.29) is 84.9 Å². The molecule has 11 heteroatoms. The Morgan fingerprint density at radius 1 is 0.797 bits per heavy atom. The van der Waals surface area contributed by atoms with Gasteiger partial charge in [-0.1, -0.05) is 117 Å². The highest BCUT2D eigenvalue weighted by atomic mass is 16.6. The Hall–Kier alpha value is -6.11. The van der Waals surface area contributed by atoms with E-state index in [2.05, 4.69) is 91.0 Å². The molecule has 0 amide bonds. The summed E-state index contributed by atoms with van der Waals surface area (Å²) >= 11 is 0. The summed E-state index contributed by atoms with van der Waals surface area (Å²) in [5.74, 6) is -0.820. The minimum atomic E-state index is -1.32. The summed E-state index contributed by atoms with van der Waals surface area (Å²) in [7, 11) is 1.51. The van der Waals surface area contributed by atoms with Gasteiger partial charge in [-0.05, 0) is 158 Å². The van der Waals surface area contributed by atoms with E-state index in [1.165, 1.54) is 54.2 Å². The number of hydrogen-bond acceptors (Lipinski definition) is 11. The van der Waals surface area contributed by atoms with Gasteiger partial charge in [0, 0.05) is 65.7 Å². The van der Waals surface area contributed by atoms with Crippen LogP contribution in [0.4, 0.5) is 0 Å². The summed E-state index contributed by atoms with van der Waals surface area (Å²) in [6.07, 6.45) is 19.0. The van der Waals surface area contributed by atoms with Gasteiger partial charge in [-0.15, -0.1) is 0 Å². The standard InChI is InChI=1S/C68H76O11/c1-40(37-70)50-28-21-41-19-22-42(23-20-41)51-29-25-44(52-16-10-18-57-53(52)30-27-49-15-9-14-48-26-24-43-11-7-8-17-56(43)68(48,49)57)35-46(51)36-59(72)76-63-61-58(79-67(2,64(63)78-65(50)73)47-12-5-4-6-13-47)32-31-54-55(38-71)60(66(74)77-62(54)61)45(33-34-69)39-75-3/h7-8,10-11,16-20,22-26,29,31-32,44-49,51,63-64,69-71H,4-6,9,12-15,21,27-28,30,33-39H2,1-3H3/b50-40-/t44-,45+,46+,48-,49+,51-,63+,64-,67-,68-/m0/s1. The van der Waals surface area contributed by atoms with Crippen LogP contribution in [-0.4, -0.2) is 65.9 Å². The molecule has 11 nitrogen and oxygen atoms in total. The average Bonchev–Trinajstić information content (AvgIpc) is 3.53. The van der Waals surface area contributed by atoms with Crippen LogP contribution in [0.3, 0.4) is 0 Å². The number of allylic oxidation sites excluding steroid dienone is 3. The van der Waals surface area contributed by atoms with Crippen molar-refractivity contribution in [2.75, 3.05) is 26.9 Å². The zero-order chi connectivity index (χ0) is 54.6. The Balaban J connectivity index is 0.993. The molecular weight excluding hydrogens is 993 g/mol. The van der Waals surface area contributed by atoms with Crippen LogP contribution in [0, 0.1) is 23.7 Å². The van der Waals surface area contributed by atoms with Crippen LogP contribution in [0.1, 0.15) is 177 Å². The van der Waals surface area contributed by atoms with E-state index in [9.17, 15) is 20.1 Å². The molecule has 10 atom stereocenters. The van der Waals surface area contributed by atoms with Crippen LogP contribution in [0.15, 0.2) is 117 Å². The number of hydrogen-bond donors (Lipinski definition) is 3. The van der Waals surface area contributed by atoms with Crippen molar-refractivity contribution in [2.24, 2.45) is 23.7 Å². The number of aliphatic hydroxyl groups is 3. The molecule has 2 saturated carbocycles. The first kappa shape index (κ1) is 53.5. The molecule has 4 heterocycles. The van der Waals surface area contributed by atoms with E-state index in [1.54, 1.807) is 19.1 Å². The third-order valence-corrected chi connectivity index (χ3v) is 20.1. The first-order valence-corrected chi connectivity index (χ1v) is 29.4. The van der Waals surface area contributed by atoms with Gasteiger partial charge in [0.15, 0.2) is 12.2 Å². The lowest BCUT2D eigenvalue weighted by Crippen LogP contribution is -2.58. The molecule has 1 aromatic heterocycles. The number of carbonyl (C=O) groups is 2. The summed E-state index contributed by atoms with van der Waals surface area (Å²) in [5.41, 5.74) is 8.70. The molecule has 3 N–H and O–H groups in total. The molecule has 2 fully saturated rings. The van der Waals surface area contributed by atoms with Crippen molar-refractivity contribution in [1.82, 2.24) is 0 Å². The number of ether oxygens (including phenoxy) is 4. The van der Waals surface area contributed by atoms with E-state index in [4.69, 9.17) is 23.4 Å². The number of fused-ring (bicyclic) bond motifs is 13. The molecule has 5 aromatic rings. The second-order valence-corrected chi connectivity index (χ2v) is 24.2. The van der Waals surface area contributed by atoms with Gasteiger partial charge < -0.3 is 38.7 Å². The van der Waals surface area contributed by atoms with Gasteiger partial charge in [-0.25, -0.2) is 9.59 Å². The van der Waals surface area contributed by atoms with Crippen molar-refractivity contribution in [2.45, 2.75) is 158 Å². The average molecular weight is 1070 g/mol. The molecule has 1 spiro atoms. The van der Waals surface area contributed by atoms with Gasteiger partial charge in [-0.3, -0.25) is 4.79 Å². The predicted octanol–water partition coefficient (Wildman–Crippen LogP) is 12.1. The highest BCUT2D eigenvalue weighted by Crippen LogP contribution is 2.61. The van der Waals surface area contributed by atoms with Crippen molar-refractivity contribution >= 4 is 29.0 Å². The Bertz CT molecular complexity index is 3280. The number of esters is 2. The lowest BCUT2D eigenvalue weighted by molar-refractivity contribution is -0.201. The summed E-state index contributed by atoms with van der Waals surface area (Å²) in [6.45, 7) is 2.67. The Morgan fingerprint density at radius 3 is 2.38 bits per heavy atom. The van der Waals surface area contributed by atoms with E-state index >= 15 is 9.59 Å². The largest absolute Gasteiger partial charge is 0.483 e. The summed E-state index contributed by atoms with van der Waals surface area (Å²) in [5, 5.41) is 32.2. The van der Waals surface area contributed by atoms with Gasteiger partial charge in [0.2, 0.25) is 0 Å².